The van der Waals surface area contributed by atoms with E-state index in [4.69, 9.17) is 4.98 Å². The zero-order chi connectivity index (χ0) is 18.6. The second-order valence-electron chi connectivity index (χ2n) is 6.90. The van der Waals surface area contributed by atoms with Crippen LogP contribution in [0.5, 0.6) is 0 Å². The second-order valence-corrected chi connectivity index (χ2v) is 6.90. The molecule has 136 valence electrons. The van der Waals surface area contributed by atoms with Crippen molar-refractivity contribution in [2.75, 3.05) is 11.4 Å². The maximum atomic E-state index is 12.9. The van der Waals surface area contributed by atoms with Gasteiger partial charge in [0.2, 0.25) is 5.95 Å². The van der Waals surface area contributed by atoms with E-state index in [2.05, 4.69) is 36.9 Å². The van der Waals surface area contributed by atoms with E-state index >= 15 is 0 Å². The number of imidazole rings is 1. The zero-order valence-corrected chi connectivity index (χ0v) is 15.6. The Morgan fingerprint density at radius 3 is 2.58 bits per heavy atom. The van der Waals surface area contributed by atoms with E-state index in [9.17, 15) is 9.59 Å². The van der Waals surface area contributed by atoms with E-state index in [-0.39, 0.29) is 11.2 Å². The van der Waals surface area contributed by atoms with Crippen molar-refractivity contribution in [1.82, 2.24) is 18.7 Å². The summed E-state index contributed by atoms with van der Waals surface area (Å²) in [6.07, 6.45) is 0.916. The standard InChI is InChI=1S/C19H23N5O2/c1-5-22-17(25)15-16(21(4)19(22)26)20-18-23(9-6-10-24(15)18)14-8-7-12(2)13(3)11-14/h7-8,11H,5-6,9-10H2,1-4H3. The SMILES string of the molecule is CCn1c(=O)c2c(nc3n2CCCN3c2ccc(C)c(C)c2)n(C)c1=O. The molecule has 0 radical (unpaired) electrons. The first-order valence-corrected chi connectivity index (χ1v) is 8.99. The van der Waals surface area contributed by atoms with Crippen LogP contribution in [0.15, 0.2) is 27.8 Å². The third kappa shape index (κ3) is 2.23. The molecule has 0 saturated heterocycles. The minimum absolute atomic E-state index is 0.258. The fourth-order valence-corrected chi connectivity index (χ4v) is 3.68. The van der Waals surface area contributed by atoms with Gasteiger partial charge in [0.15, 0.2) is 11.2 Å². The summed E-state index contributed by atoms with van der Waals surface area (Å²) in [6, 6.07) is 6.33. The van der Waals surface area contributed by atoms with Gasteiger partial charge in [0.1, 0.15) is 0 Å². The average Bonchev–Trinajstić information content (AvgIpc) is 3.02. The molecule has 7 nitrogen and oxygen atoms in total. The molecule has 1 aliphatic heterocycles. The number of nitrogens with zero attached hydrogens (tertiary/aromatic N) is 5. The Morgan fingerprint density at radius 1 is 1.12 bits per heavy atom. The van der Waals surface area contributed by atoms with Crippen LogP contribution in [-0.4, -0.2) is 25.2 Å². The van der Waals surface area contributed by atoms with Gasteiger partial charge in [0.25, 0.3) is 5.56 Å². The van der Waals surface area contributed by atoms with Crippen LogP contribution in [0.4, 0.5) is 11.6 Å². The summed E-state index contributed by atoms with van der Waals surface area (Å²) in [7, 11) is 1.68. The van der Waals surface area contributed by atoms with E-state index < -0.39 is 0 Å². The minimum Gasteiger partial charge on any atom is -0.312 e. The lowest BCUT2D eigenvalue weighted by molar-refractivity contribution is 0.595. The molecule has 0 amide bonds. The number of hydrogen-bond acceptors (Lipinski definition) is 4. The van der Waals surface area contributed by atoms with E-state index in [0.717, 1.165) is 31.1 Å². The molecule has 0 unspecified atom stereocenters. The molecule has 0 fully saturated rings. The number of rotatable bonds is 2. The fraction of sp³-hybridized carbons (Fsp3) is 0.421. The van der Waals surface area contributed by atoms with Crippen LogP contribution in [0.25, 0.3) is 11.2 Å². The summed E-state index contributed by atoms with van der Waals surface area (Å²) in [5.41, 5.74) is 3.91. The maximum Gasteiger partial charge on any atom is 0.332 e. The van der Waals surface area contributed by atoms with Crippen molar-refractivity contribution in [3.63, 3.8) is 0 Å². The molecule has 0 aliphatic carbocycles. The maximum absolute atomic E-state index is 12.9. The lowest BCUT2D eigenvalue weighted by Gasteiger charge is -2.29. The Labute approximate surface area is 151 Å². The summed E-state index contributed by atoms with van der Waals surface area (Å²) < 4.78 is 4.71. The van der Waals surface area contributed by atoms with Crippen LogP contribution in [0.2, 0.25) is 0 Å². The summed E-state index contributed by atoms with van der Waals surface area (Å²) >= 11 is 0. The molecule has 2 aromatic heterocycles. The van der Waals surface area contributed by atoms with E-state index in [1.165, 1.54) is 20.3 Å². The lowest BCUT2D eigenvalue weighted by Crippen LogP contribution is -2.39. The van der Waals surface area contributed by atoms with E-state index in [1.807, 2.05) is 11.5 Å². The molecule has 1 aromatic carbocycles. The zero-order valence-electron chi connectivity index (χ0n) is 15.6. The Kier molecular flexibility index (Phi) is 3.75. The molecule has 3 aromatic rings. The number of aryl methyl sites for hydroxylation is 4. The van der Waals surface area contributed by atoms with Crippen LogP contribution >= 0.6 is 0 Å². The summed E-state index contributed by atoms with van der Waals surface area (Å²) in [4.78, 5) is 32.2. The van der Waals surface area contributed by atoms with Crippen LogP contribution in [0.3, 0.4) is 0 Å². The van der Waals surface area contributed by atoms with Gasteiger partial charge in [-0.1, -0.05) is 6.07 Å². The molecule has 26 heavy (non-hydrogen) atoms. The van der Waals surface area contributed by atoms with Crippen LogP contribution in [0, 0.1) is 13.8 Å². The summed E-state index contributed by atoms with van der Waals surface area (Å²) in [5, 5.41) is 0. The molecule has 0 N–H and O–H groups in total. The number of aromatic nitrogens is 4. The smallest absolute Gasteiger partial charge is 0.312 e. The van der Waals surface area contributed by atoms with Gasteiger partial charge in [-0.2, -0.15) is 4.98 Å². The highest BCUT2D eigenvalue weighted by molar-refractivity contribution is 5.77. The summed E-state index contributed by atoms with van der Waals surface area (Å²) in [6.45, 7) is 7.90. The normalized spacial score (nSPS) is 14.1. The molecule has 4 rings (SSSR count). The van der Waals surface area contributed by atoms with Gasteiger partial charge in [-0.25, -0.2) is 4.79 Å². The van der Waals surface area contributed by atoms with Crippen molar-refractivity contribution in [1.29, 1.82) is 0 Å². The molecule has 7 heteroatoms. The molecule has 0 bridgehead atoms. The van der Waals surface area contributed by atoms with E-state index in [0.29, 0.717) is 17.7 Å². The third-order valence-electron chi connectivity index (χ3n) is 5.34. The number of hydrogen-bond donors (Lipinski definition) is 0. The Morgan fingerprint density at radius 2 is 1.88 bits per heavy atom. The van der Waals surface area contributed by atoms with Crippen LogP contribution in [0.1, 0.15) is 24.5 Å². The van der Waals surface area contributed by atoms with E-state index in [1.54, 1.807) is 7.05 Å². The van der Waals surface area contributed by atoms with Crippen molar-refractivity contribution in [2.45, 2.75) is 40.3 Å². The molecule has 0 saturated carbocycles. The molecule has 3 heterocycles. The molecular weight excluding hydrogens is 330 g/mol. The van der Waals surface area contributed by atoms with Crippen molar-refractivity contribution in [3.8, 4) is 0 Å². The second kappa shape index (κ2) is 5.86. The first-order chi connectivity index (χ1) is 12.4. The van der Waals surface area contributed by atoms with Gasteiger partial charge < -0.3 is 9.47 Å². The van der Waals surface area contributed by atoms with Gasteiger partial charge in [0.05, 0.1) is 0 Å². The van der Waals surface area contributed by atoms with Crippen molar-refractivity contribution in [3.05, 3.63) is 50.2 Å². The predicted octanol–water partition coefficient (Wildman–Crippen LogP) is 2.08. The largest absolute Gasteiger partial charge is 0.332 e. The first-order valence-electron chi connectivity index (χ1n) is 8.99. The first kappa shape index (κ1) is 16.6. The van der Waals surface area contributed by atoms with Crippen molar-refractivity contribution >= 4 is 22.8 Å². The minimum atomic E-state index is -0.321. The highest BCUT2D eigenvalue weighted by atomic mass is 16.2. The van der Waals surface area contributed by atoms with Gasteiger partial charge in [0, 0.05) is 32.4 Å². The molecular formula is C19H23N5O2. The molecule has 1 aliphatic rings. The Bertz CT molecular complexity index is 1140. The van der Waals surface area contributed by atoms with Gasteiger partial charge >= 0.3 is 5.69 Å². The van der Waals surface area contributed by atoms with Gasteiger partial charge in [-0.05, 0) is 50.5 Å². The Balaban J connectivity index is 2.00. The molecule has 0 atom stereocenters. The molecule has 0 spiro atoms. The topological polar surface area (TPSA) is 65.1 Å². The van der Waals surface area contributed by atoms with Crippen molar-refractivity contribution in [2.24, 2.45) is 7.05 Å². The highest BCUT2D eigenvalue weighted by Gasteiger charge is 2.26. The highest BCUT2D eigenvalue weighted by Crippen LogP contribution is 2.31. The van der Waals surface area contributed by atoms with Crippen LogP contribution in [-0.2, 0) is 20.1 Å². The number of benzene rings is 1. The van der Waals surface area contributed by atoms with Crippen molar-refractivity contribution < 1.29 is 0 Å². The van der Waals surface area contributed by atoms with Gasteiger partial charge in [-0.15, -0.1) is 0 Å². The predicted molar refractivity (Wildman–Crippen MR) is 102 cm³/mol. The summed E-state index contributed by atoms with van der Waals surface area (Å²) in [5.74, 6) is 0.732. The quantitative estimate of drug-likeness (QED) is 0.707. The number of fused-ring (bicyclic) bond motifs is 3. The number of anilines is 2. The van der Waals surface area contributed by atoms with Gasteiger partial charge in [-0.3, -0.25) is 13.9 Å². The monoisotopic (exact) mass is 353 g/mol. The fourth-order valence-electron chi connectivity index (χ4n) is 3.68. The lowest BCUT2D eigenvalue weighted by atomic mass is 10.1. The van der Waals surface area contributed by atoms with Crippen LogP contribution < -0.4 is 16.1 Å². The third-order valence-corrected chi connectivity index (χ3v) is 5.34. The average molecular weight is 353 g/mol. The Hall–Kier alpha value is -2.83.